The van der Waals surface area contributed by atoms with Crippen molar-refractivity contribution in [2.45, 2.75) is 26.7 Å². The van der Waals surface area contributed by atoms with Crippen LogP contribution in [0.4, 0.5) is 11.5 Å². The Bertz CT molecular complexity index is 774. The second-order valence-corrected chi connectivity index (χ2v) is 6.65. The van der Waals surface area contributed by atoms with Gasteiger partial charge in [-0.2, -0.15) is 0 Å². The van der Waals surface area contributed by atoms with Gasteiger partial charge >= 0.3 is 0 Å². The molecule has 1 aromatic heterocycles. The molecule has 142 valence electrons. The second-order valence-electron chi connectivity index (χ2n) is 6.65. The fourth-order valence-electron chi connectivity index (χ4n) is 3.34. The van der Waals surface area contributed by atoms with Gasteiger partial charge in [0.05, 0.1) is 5.56 Å². The Hall–Kier alpha value is -2.89. The average molecular weight is 366 g/mol. The van der Waals surface area contributed by atoms with Crippen LogP contribution in [0.1, 0.15) is 35.3 Å². The topological polar surface area (TPSA) is 65.5 Å². The molecule has 1 fully saturated rings. The van der Waals surface area contributed by atoms with Crippen molar-refractivity contribution in [3.63, 3.8) is 0 Å². The number of carbonyl (C=O) groups excluding carboxylic acids is 2. The van der Waals surface area contributed by atoms with Crippen molar-refractivity contribution in [1.29, 1.82) is 0 Å². The summed E-state index contributed by atoms with van der Waals surface area (Å²) in [6.45, 7) is 6.55. The highest BCUT2D eigenvalue weighted by Gasteiger charge is 2.21. The molecule has 0 spiro atoms. The van der Waals surface area contributed by atoms with Crippen molar-refractivity contribution < 1.29 is 9.59 Å². The summed E-state index contributed by atoms with van der Waals surface area (Å²) in [4.78, 5) is 31.3. The standard InChI is InChI=1S/C21H26N4O2/c1-3-16-6-5-7-17(4-2)20(16)23-19-9-8-18(14-22-19)21(27)25-12-10-24(15-26)11-13-25/h5-9,14-15H,3-4,10-13H2,1-2H3,(H,22,23). The summed E-state index contributed by atoms with van der Waals surface area (Å²) in [5.74, 6) is 0.690. The third-order valence-electron chi connectivity index (χ3n) is 5.01. The molecule has 1 N–H and O–H groups in total. The van der Waals surface area contributed by atoms with Gasteiger partial charge in [-0.05, 0) is 36.1 Å². The van der Waals surface area contributed by atoms with Gasteiger partial charge in [-0.25, -0.2) is 4.98 Å². The fraction of sp³-hybridized carbons (Fsp3) is 0.381. The Balaban J connectivity index is 1.71. The molecule has 1 aliphatic rings. The first-order chi connectivity index (χ1) is 13.2. The number of aromatic nitrogens is 1. The van der Waals surface area contributed by atoms with Crippen LogP contribution in [0.5, 0.6) is 0 Å². The molecule has 3 rings (SSSR count). The van der Waals surface area contributed by atoms with Crippen LogP contribution in [0.15, 0.2) is 36.5 Å². The highest BCUT2D eigenvalue weighted by molar-refractivity contribution is 5.94. The average Bonchev–Trinajstić information content (AvgIpc) is 2.74. The van der Waals surface area contributed by atoms with Crippen LogP contribution < -0.4 is 5.32 Å². The summed E-state index contributed by atoms with van der Waals surface area (Å²) in [6.07, 6.45) is 4.35. The zero-order valence-electron chi connectivity index (χ0n) is 15.9. The SMILES string of the molecule is CCc1cccc(CC)c1Nc1ccc(C(=O)N2CCN(C=O)CC2)cn1. The molecule has 6 heteroatoms. The number of hydrogen-bond acceptors (Lipinski definition) is 4. The summed E-state index contributed by atoms with van der Waals surface area (Å²) < 4.78 is 0. The van der Waals surface area contributed by atoms with E-state index < -0.39 is 0 Å². The lowest BCUT2D eigenvalue weighted by Gasteiger charge is -2.32. The maximum Gasteiger partial charge on any atom is 0.255 e. The molecule has 27 heavy (non-hydrogen) atoms. The second kappa shape index (κ2) is 8.66. The number of rotatable bonds is 6. The van der Waals surface area contributed by atoms with Gasteiger partial charge in [-0.1, -0.05) is 32.0 Å². The van der Waals surface area contributed by atoms with Gasteiger partial charge in [0.25, 0.3) is 5.91 Å². The van der Waals surface area contributed by atoms with Crippen LogP contribution in [0, 0.1) is 0 Å². The molecule has 2 heterocycles. The van der Waals surface area contributed by atoms with Gasteiger partial charge in [0.15, 0.2) is 0 Å². The molecule has 0 aliphatic carbocycles. The molecular formula is C21H26N4O2. The number of pyridine rings is 1. The molecular weight excluding hydrogens is 340 g/mol. The van der Waals surface area contributed by atoms with Gasteiger partial charge in [-0.15, -0.1) is 0 Å². The van der Waals surface area contributed by atoms with E-state index in [2.05, 4.69) is 42.3 Å². The number of nitrogens with one attached hydrogen (secondary N) is 1. The van der Waals surface area contributed by atoms with Crippen LogP contribution >= 0.6 is 0 Å². The van der Waals surface area contributed by atoms with Crippen LogP contribution in [0.25, 0.3) is 0 Å². The number of amides is 2. The summed E-state index contributed by atoms with van der Waals surface area (Å²) in [5, 5.41) is 3.42. The predicted octanol–water partition coefficient (Wildman–Crippen LogP) is 2.86. The molecule has 2 aromatic rings. The molecule has 2 amide bonds. The minimum absolute atomic E-state index is 0.0391. The smallest absolute Gasteiger partial charge is 0.255 e. The minimum Gasteiger partial charge on any atom is -0.342 e. The Morgan fingerprint density at radius 3 is 2.26 bits per heavy atom. The van der Waals surface area contributed by atoms with Crippen molar-refractivity contribution in [3.05, 3.63) is 53.2 Å². The Kier molecular flexibility index (Phi) is 6.06. The monoisotopic (exact) mass is 366 g/mol. The highest BCUT2D eigenvalue weighted by Crippen LogP contribution is 2.25. The Labute approximate surface area is 160 Å². The summed E-state index contributed by atoms with van der Waals surface area (Å²) in [5.41, 5.74) is 4.19. The van der Waals surface area contributed by atoms with Gasteiger partial charge in [0, 0.05) is 38.1 Å². The molecule has 1 saturated heterocycles. The van der Waals surface area contributed by atoms with Crippen LogP contribution in [-0.4, -0.2) is 53.3 Å². The van der Waals surface area contributed by atoms with Crippen LogP contribution in [-0.2, 0) is 17.6 Å². The lowest BCUT2D eigenvalue weighted by molar-refractivity contribution is -0.119. The molecule has 1 aromatic carbocycles. The number of anilines is 2. The van der Waals surface area contributed by atoms with E-state index in [1.54, 1.807) is 16.0 Å². The van der Waals surface area contributed by atoms with E-state index in [1.165, 1.54) is 11.1 Å². The number of carbonyl (C=O) groups is 2. The molecule has 0 atom stereocenters. The van der Waals surface area contributed by atoms with E-state index in [-0.39, 0.29) is 5.91 Å². The van der Waals surface area contributed by atoms with Crippen molar-refractivity contribution in [3.8, 4) is 0 Å². The molecule has 1 aliphatic heterocycles. The number of para-hydroxylation sites is 1. The van der Waals surface area contributed by atoms with Gasteiger partial charge in [0.1, 0.15) is 5.82 Å². The Morgan fingerprint density at radius 2 is 1.74 bits per heavy atom. The summed E-state index contributed by atoms with van der Waals surface area (Å²) in [6, 6.07) is 9.99. The third kappa shape index (κ3) is 4.27. The van der Waals surface area contributed by atoms with Gasteiger partial charge in [-0.3, -0.25) is 9.59 Å². The predicted molar refractivity (Wildman–Crippen MR) is 106 cm³/mol. The lowest BCUT2D eigenvalue weighted by Crippen LogP contribution is -2.48. The van der Waals surface area contributed by atoms with Crippen LogP contribution in [0.3, 0.4) is 0 Å². The number of benzene rings is 1. The first-order valence-electron chi connectivity index (χ1n) is 9.48. The maximum absolute atomic E-state index is 12.6. The fourth-order valence-corrected chi connectivity index (χ4v) is 3.34. The first kappa shape index (κ1) is 18.9. The number of aryl methyl sites for hydroxylation is 2. The van der Waals surface area contributed by atoms with Gasteiger partial charge < -0.3 is 15.1 Å². The first-order valence-corrected chi connectivity index (χ1v) is 9.48. The highest BCUT2D eigenvalue weighted by atomic mass is 16.2. The minimum atomic E-state index is -0.0391. The van der Waals surface area contributed by atoms with E-state index in [1.807, 2.05) is 12.1 Å². The summed E-state index contributed by atoms with van der Waals surface area (Å²) in [7, 11) is 0. The third-order valence-corrected chi connectivity index (χ3v) is 5.01. The zero-order valence-corrected chi connectivity index (χ0v) is 15.9. The van der Waals surface area contributed by atoms with E-state index in [0.717, 1.165) is 30.8 Å². The number of nitrogens with zero attached hydrogens (tertiary/aromatic N) is 3. The van der Waals surface area contributed by atoms with Gasteiger partial charge in [0.2, 0.25) is 6.41 Å². The quantitative estimate of drug-likeness (QED) is 0.799. The normalized spacial score (nSPS) is 14.1. The summed E-state index contributed by atoms with van der Waals surface area (Å²) >= 11 is 0. The molecule has 0 saturated carbocycles. The number of piperazine rings is 1. The van der Waals surface area contributed by atoms with Crippen molar-refractivity contribution in [2.75, 3.05) is 31.5 Å². The Morgan fingerprint density at radius 1 is 1.07 bits per heavy atom. The van der Waals surface area contributed by atoms with Crippen molar-refractivity contribution in [2.24, 2.45) is 0 Å². The van der Waals surface area contributed by atoms with E-state index in [9.17, 15) is 9.59 Å². The van der Waals surface area contributed by atoms with Crippen molar-refractivity contribution in [1.82, 2.24) is 14.8 Å². The van der Waals surface area contributed by atoms with Crippen LogP contribution in [0.2, 0.25) is 0 Å². The maximum atomic E-state index is 12.6. The van der Waals surface area contributed by atoms with Crippen molar-refractivity contribution >= 4 is 23.8 Å². The van der Waals surface area contributed by atoms with E-state index in [4.69, 9.17) is 0 Å². The number of hydrogen-bond donors (Lipinski definition) is 1. The van der Waals surface area contributed by atoms with E-state index >= 15 is 0 Å². The largest absolute Gasteiger partial charge is 0.342 e. The zero-order chi connectivity index (χ0) is 19.2. The molecule has 0 bridgehead atoms. The van der Waals surface area contributed by atoms with E-state index in [0.29, 0.717) is 31.7 Å². The molecule has 0 unspecified atom stereocenters. The lowest BCUT2D eigenvalue weighted by atomic mass is 10.0. The molecule has 6 nitrogen and oxygen atoms in total. The molecule has 0 radical (unpaired) electrons.